The highest BCUT2D eigenvalue weighted by molar-refractivity contribution is 6.06. The quantitative estimate of drug-likeness (QED) is 0.431. The number of aliphatic hydroxyl groups excluding tert-OH is 2. The van der Waals surface area contributed by atoms with E-state index >= 15 is 0 Å². The molecule has 0 unspecified atom stereocenters. The van der Waals surface area contributed by atoms with E-state index in [1.165, 1.54) is 12.1 Å². The van der Waals surface area contributed by atoms with Gasteiger partial charge in [0.2, 0.25) is 5.95 Å². The second-order valence-electron chi connectivity index (χ2n) is 6.01. The van der Waals surface area contributed by atoms with Crippen LogP contribution in [0.25, 0.3) is 27.6 Å². The molecule has 0 saturated carbocycles. The predicted molar refractivity (Wildman–Crippen MR) is 94.8 cm³/mol. The third kappa shape index (κ3) is 2.67. The molecule has 0 amide bonds. The number of aryl methyl sites for hydroxylation is 1. The molecule has 3 aromatic heterocycles. The summed E-state index contributed by atoms with van der Waals surface area (Å²) in [7, 11) is 0. The van der Waals surface area contributed by atoms with Crippen LogP contribution in [-0.2, 0) is 0 Å². The lowest BCUT2D eigenvalue weighted by Gasteiger charge is -2.12. The normalized spacial score (nSPS) is 12.8. The lowest BCUT2D eigenvalue weighted by molar-refractivity contribution is 0.105. The molecule has 8 nitrogen and oxygen atoms in total. The Bertz CT molecular complexity index is 1090. The Morgan fingerprint density at radius 1 is 1.31 bits per heavy atom. The minimum atomic E-state index is -0.882. The molecule has 0 fully saturated rings. The average molecular weight is 356 g/mol. The fourth-order valence-electron chi connectivity index (χ4n) is 2.98. The van der Waals surface area contributed by atoms with Crippen LogP contribution < -0.4 is 5.32 Å². The van der Waals surface area contributed by atoms with E-state index in [2.05, 4.69) is 25.5 Å². The van der Waals surface area contributed by atoms with Crippen LogP contribution >= 0.6 is 0 Å². The number of hydrogen-bond donors (Lipinski definition) is 4. The zero-order valence-corrected chi connectivity index (χ0v) is 13.9. The van der Waals surface area contributed by atoms with E-state index in [0.717, 1.165) is 27.6 Å². The molecule has 4 aromatic rings. The summed E-state index contributed by atoms with van der Waals surface area (Å²) in [6, 6.07) is 4.59. The van der Waals surface area contributed by atoms with Gasteiger partial charge < -0.3 is 20.1 Å². The van der Waals surface area contributed by atoms with E-state index in [-0.39, 0.29) is 19.0 Å². The first-order chi connectivity index (χ1) is 12.6. The van der Waals surface area contributed by atoms with Gasteiger partial charge in [-0.2, -0.15) is 5.10 Å². The molecule has 26 heavy (non-hydrogen) atoms. The maximum atomic E-state index is 13.7. The van der Waals surface area contributed by atoms with Crippen LogP contribution in [0.5, 0.6) is 0 Å². The van der Waals surface area contributed by atoms with Crippen LogP contribution in [0.15, 0.2) is 30.6 Å². The Morgan fingerprint density at radius 2 is 2.15 bits per heavy atom. The van der Waals surface area contributed by atoms with Crippen molar-refractivity contribution in [3.8, 4) is 5.69 Å². The summed E-state index contributed by atoms with van der Waals surface area (Å²) in [5.74, 6) is 0.0332. The van der Waals surface area contributed by atoms with E-state index in [4.69, 9.17) is 5.11 Å². The van der Waals surface area contributed by atoms with Crippen LogP contribution in [0.4, 0.5) is 10.3 Å². The van der Waals surface area contributed by atoms with E-state index in [1.807, 2.05) is 11.5 Å². The topological polar surface area (TPSA) is 112 Å². The average Bonchev–Trinajstić information content (AvgIpc) is 3.21. The number of H-pyrrole nitrogens is 1. The SMILES string of the molecule is Cc1nc(NC[C@@H](O)CO)ncc1-n1c2ccc(F)cc2c2[nH]ncc21. The number of rotatable bonds is 5. The second-order valence-corrected chi connectivity index (χ2v) is 6.01. The fraction of sp³-hybridized carbons (Fsp3) is 0.235. The van der Waals surface area contributed by atoms with Crippen LogP contribution in [-0.4, -0.2) is 54.2 Å². The summed E-state index contributed by atoms with van der Waals surface area (Å²) in [4.78, 5) is 8.69. The number of halogens is 1. The summed E-state index contributed by atoms with van der Waals surface area (Å²) >= 11 is 0. The van der Waals surface area contributed by atoms with Crippen molar-refractivity contribution in [2.24, 2.45) is 0 Å². The zero-order valence-electron chi connectivity index (χ0n) is 13.9. The molecule has 0 spiro atoms. The van der Waals surface area contributed by atoms with Gasteiger partial charge in [-0.25, -0.2) is 14.4 Å². The molecule has 4 N–H and O–H groups in total. The molecule has 1 atom stereocenters. The highest BCUT2D eigenvalue weighted by atomic mass is 19.1. The third-order valence-electron chi connectivity index (χ3n) is 4.23. The van der Waals surface area contributed by atoms with Crippen molar-refractivity contribution in [3.63, 3.8) is 0 Å². The first kappa shape index (κ1) is 16.4. The Labute approximate surface area is 147 Å². The highest BCUT2D eigenvalue weighted by Gasteiger charge is 2.17. The van der Waals surface area contributed by atoms with Gasteiger partial charge in [0.05, 0.1) is 53.0 Å². The molecule has 0 aliphatic heterocycles. The van der Waals surface area contributed by atoms with Crippen molar-refractivity contribution >= 4 is 27.9 Å². The molecule has 0 saturated heterocycles. The van der Waals surface area contributed by atoms with Crippen LogP contribution in [0.2, 0.25) is 0 Å². The Hall–Kier alpha value is -3.04. The Morgan fingerprint density at radius 3 is 2.92 bits per heavy atom. The maximum absolute atomic E-state index is 13.7. The van der Waals surface area contributed by atoms with Gasteiger partial charge in [0.1, 0.15) is 5.82 Å². The number of aromatic nitrogens is 5. The first-order valence-corrected chi connectivity index (χ1v) is 8.08. The molecule has 0 radical (unpaired) electrons. The smallest absolute Gasteiger partial charge is 0.223 e. The number of hydrogen-bond acceptors (Lipinski definition) is 6. The van der Waals surface area contributed by atoms with Crippen LogP contribution in [0.3, 0.4) is 0 Å². The van der Waals surface area contributed by atoms with Gasteiger partial charge in [0.15, 0.2) is 0 Å². The molecule has 0 bridgehead atoms. The van der Waals surface area contributed by atoms with Crippen molar-refractivity contribution in [2.75, 3.05) is 18.5 Å². The molecule has 3 heterocycles. The number of nitrogens with zero attached hydrogens (tertiary/aromatic N) is 4. The van der Waals surface area contributed by atoms with Gasteiger partial charge >= 0.3 is 0 Å². The fourth-order valence-corrected chi connectivity index (χ4v) is 2.98. The molecular weight excluding hydrogens is 339 g/mol. The van der Waals surface area contributed by atoms with Crippen molar-refractivity contribution < 1.29 is 14.6 Å². The maximum Gasteiger partial charge on any atom is 0.223 e. The number of fused-ring (bicyclic) bond motifs is 3. The molecule has 134 valence electrons. The summed E-state index contributed by atoms with van der Waals surface area (Å²) in [5.41, 5.74) is 3.80. The van der Waals surface area contributed by atoms with E-state index in [9.17, 15) is 9.50 Å². The highest BCUT2D eigenvalue weighted by Crippen LogP contribution is 2.31. The number of aliphatic hydroxyl groups is 2. The lowest BCUT2D eigenvalue weighted by atomic mass is 10.2. The summed E-state index contributed by atoms with van der Waals surface area (Å²) in [6.07, 6.45) is 2.45. The second kappa shape index (κ2) is 6.36. The number of nitrogens with one attached hydrogen (secondary N) is 2. The van der Waals surface area contributed by atoms with E-state index in [0.29, 0.717) is 11.6 Å². The van der Waals surface area contributed by atoms with E-state index < -0.39 is 6.10 Å². The standard InChI is InChI=1S/C17H17FN6O2/c1-9-14(6-20-17(22-9)19-5-11(26)8-25)24-13-3-2-10(18)4-12(13)16-15(24)7-21-23-16/h2-4,6-7,11,25-26H,5,8H2,1H3,(H,21,23)(H,19,20,22)/t11-/m1/s1. The predicted octanol–water partition coefficient (Wildman–Crippen LogP) is 1.51. The van der Waals surface area contributed by atoms with Crippen LogP contribution in [0, 0.1) is 12.7 Å². The van der Waals surface area contributed by atoms with Crippen LogP contribution in [0.1, 0.15) is 5.69 Å². The summed E-state index contributed by atoms with van der Waals surface area (Å²) in [5, 5.41) is 28.9. The number of benzene rings is 1. The van der Waals surface area contributed by atoms with E-state index in [1.54, 1.807) is 18.5 Å². The van der Waals surface area contributed by atoms with Gasteiger partial charge in [0, 0.05) is 11.9 Å². The summed E-state index contributed by atoms with van der Waals surface area (Å²) < 4.78 is 15.6. The zero-order chi connectivity index (χ0) is 18.3. The van der Waals surface area contributed by atoms with Crippen molar-refractivity contribution in [2.45, 2.75) is 13.0 Å². The lowest BCUT2D eigenvalue weighted by Crippen LogP contribution is -2.24. The molecule has 1 aromatic carbocycles. The van der Waals surface area contributed by atoms with Crippen molar-refractivity contribution in [3.05, 3.63) is 42.1 Å². The largest absolute Gasteiger partial charge is 0.394 e. The van der Waals surface area contributed by atoms with Crippen molar-refractivity contribution in [1.29, 1.82) is 0 Å². The van der Waals surface area contributed by atoms with Gasteiger partial charge in [-0.15, -0.1) is 0 Å². The molecule has 0 aliphatic carbocycles. The Kier molecular flexibility index (Phi) is 4.02. The monoisotopic (exact) mass is 356 g/mol. The summed E-state index contributed by atoms with van der Waals surface area (Å²) in [6.45, 7) is 1.65. The van der Waals surface area contributed by atoms with Gasteiger partial charge in [-0.1, -0.05) is 0 Å². The minimum absolute atomic E-state index is 0.146. The number of anilines is 1. The third-order valence-corrected chi connectivity index (χ3v) is 4.23. The number of aromatic amines is 1. The molecular formula is C17H17FN6O2. The van der Waals surface area contributed by atoms with Gasteiger partial charge in [0.25, 0.3) is 0 Å². The Balaban J connectivity index is 1.81. The molecule has 0 aliphatic rings. The minimum Gasteiger partial charge on any atom is -0.394 e. The molecule has 9 heteroatoms. The first-order valence-electron chi connectivity index (χ1n) is 8.08. The molecule has 4 rings (SSSR count). The van der Waals surface area contributed by atoms with Crippen molar-refractivity contribution in [1.82, 2.24) is 24.7 Å². The van der Waals surface area contributed by atoms with Gasteiger partial charge in [-0.05, 0) is 25.1 Å². The van der Waals surface area contributed by atoms with Gasteiger partial charge in [-0.3, -0.25) is 5.10 Å².